The number of hydrogen-bond acceptors (Lipinski definition) is 5. The maximum atomic E-state index is 12.0. The summed E-state index contributed by atoms with van der Waals surface area (Å²) in [7, 11) is 0. The summed E-state index contributed by atoms with van der Waals surface area (Å²) in [5.41, 5.74) is 2.58. The fourth-order valence-corrected chi connectivity index (χ4v) is 4.24. The molecular weight excluding hydrogens is 402 g/mol. The number of rotatable bonds is 11. The van der Waals surface area contributed by atoms with Gasteiger partial charge in [0.05, 0.1) is 6.04 Å². The fourth-order valence-electron chi connectivity index (χ4n) is 4.24. The minimum Gasteiger partial charge on any atom is -0.444 e. The molecule has 0 radical (unpaired) electrons. The molecule has 6 heteroatoms. The van der Waals surface area contributed by atoms with Crippen LogP contribution in [0.5, 0.6) is 0 Å². The number of fused-ring (bicyclic) bond motifs is 1. The van der Waals surface area contributed by atoms with E-state index in [1.54, 1.807) is 0 Å². The van der Waals surface area contributed by atoms with Gasteiger partial charge in [-0.1, -0.05) is 57.9 Å². The van der Waals surface area contributed by atoms with Crippen molar-refractivity contribution >= 4 is 23.2 Å². The number of carbonyl (C=O) groups excluding carboxylic acids is 1. The van der Waals surface area contributed by atoms with Gasteiger partial charge in [-0.25, -0.2) is 4.79 Å². The van der Waals surface area contributed by atoms with Crippen LogP contribution in [0.4, 0.5) is 10.8 Å². The molecule has 1 fully saturated rings. The SMILES string of the molecule is CCCCCCCCCCc1ccc2oc(N3CC[C@H](NC(=O)OC(C)(C)C)C3)nc2c1. The highest BCUT2D eigenvalue weighted by molar-refractivity contribution is 5.75. The number of carbonyl (C=O) groups is 1. The Morgan fingerprint density at radius 3 is 2.59 bits per heavy atom. The standard InChI is InChI=1S/C26H41N3O3/c1-5-6-7-8-9-10-11-12-13-20-14-15-23-22(18-20)28-24(31-23)29-17-16-21(19-29)27-25(30)32-26(2,3)4/h14-15,18,21H,5-13,16-17,19H2,1-4H3,(H,27,30)/t21-/m0/s1. The molecule has 0 saturated carbocycles. The lowest BCUT2D eigenvalue weighted by Gasteiger charge is -2.21. The van der Waals surface area contributed by atoms with Crippen LogP contribution in [-0.4, -0.2) is 35.8 Å². The van der Waals surface area contributed by atoms with Crippen molar-refractivity contribution < 1.29 is 13.9 Å². The zero-order valence-corrected chi connectivity index (χ0v) is 20.4. The normalized spacial score (nSPS) is 16.6. The van der Waals surface area contributed by atoms with Gasteiger partial charge in [-0.3, -0.25) is 0 Å². The zero-order valence-electron chi connectivity index (χ0n) is 20.4. The second-order valence-corrected chi connectivity index (χ2v) is 10.1. The maximum Gasteiger partial charge on any atom is 0.407 e. The molecule has 32 heavy (non-hydrogen) atoms. The quantitative estimate of drug-likeness (QED) is 0.396. The Kier molecular flexibility index (Phi) is 8.83. The van der Waals surface area contributed by atoms with Crippen LogP contribution in [0.15, 0.2) is 22.6 Å². The third-order valence-electron chi connectivity index (χ3n) is 5.94. The van der Waals surface area contributed by atoms with E-state index in [9.17, 15) is 4.79 Å². The summed E-state index contributed by atoms with van der Waals surface area (Å²) in [5, 5.41) is 2.95. The minimum atomic E-state index is -0.491. The summed E-state index contributed by atoms with van der Waals surface area (Å²) in [4.78, 5) is 18.9. The van der Waals surface area contributed by atoms with Gasteiger partial charge in [-0.15, -0.1) is 0 Å². The monoisotopic (exact) mass is 443 g/mol. The Morgan fingerprint density at radius 2 is 1.88 bits per heavy atom. The van der Waals surface area contributed by atoms with Crippen molar-refractivity contribution in [1.82, 2.24) is 10.3 Å². The average Bonchev–Trinajstić information content (AvgIpc) is 3.34. The molecule has 0 spiro atoms. The Hall–Kier alpha value is -2.24. The topological polar surface area (TPSA) is 67.6 Å². The second kappa shape index (κ2) is 11.6. The van der Waals surface area contributed by atoms with Crippen molar-refractivity contribution in [2.75, 3.05) is 18.0 Å². The minimum absolute atomic E-state index is 0.0393. The van der Waals surface area contributed by atoms with Crippen molar-refractivity contribution in [2.24, 2.45) is 0 Å². The summed E-state index contributed by atoms with van der Waals surface area (Å²) >= 11 is 0. The van der Waals surface area contributed by atoms with Crippen LogP contribution in [0.3, 0.4) is 0 Å². The number of ether oxygens (including phenoxy) is 1. The fraction of sp³-hybridized carbons (Fsp3) is 0.692. The van der Waals surface area contributed by atoms with Crippen molar-refractivity contribution in [3.8, 4) is 0 Å². The first kappa shape index (κ1) is 24.4. The number of aromatic nitrogens is 1. The van der Waals surface area contributed by atoms with E-state index in [0.29, 0.717) is 12.6 Å². The molecule has 2 heterocycles. The number of alkyl carbamates (subject to hydrolysis) is 1. The molecule has 1 aromatic heterocycles. The lowest BCUT2D eigenvalue weighted by Crippen LogP contribution is -2.40. The Bertz CT molecular complexity index is 856. The number of oxazole rings is 1. The molecule has 1 N–H and O–H groups in total. The molecule has 0 unspecified atom stereocenters. The molecule has 2 aromatic rings. The van der Waals surface area contributed by atoms with E-state index in [1.165, 1.54) is 56.9 Å². The van der Waals surface area contributed by atoms with Crippen molar-refractivity contribution in [1.29, 1.82) is 0 Å². The maximum absolute atomic E-state index is 12.0. The lowest BCUT2D eigenvalue weighted by atomic mass is 10.0. The summed E-state index contributed by atoms with van der Waals surface area (Å²) in [6.45, 7) is 9.36. The summed E-state index contributed by atoms with van der Waals surface area (Å²) in [6, 6.07) is 7.04. The number of benzene rings is 1. The predicted molar refractivity (Wildman–Crippen MR) is 130 cm³/mol. The number of unbranched alkanes of at least 4 members (excludes halogenated alkanes) is 7. The molecule has 1 aliphatic rings. The lowest BCUT2D eigenvalue weighted by molar-refractivity contribution is 0.0509. The molecule has 3 rings (SSSR count). The predicted octanol–water partition coefficient (Wildman–Crippen LogP) is 6.61. The van der Waals surface area contributed by atoms with Gasteiger partial charge < -0.3 is 19.4 Å². The van der Waals surface area contributed by atoms with Crippen LogP contribution in [0.2, 0.25) is 0 Å². The molecule has 178 valence electrons. The molecular formula is C26H41N3O3. The van der Waals surface area contributed by atoms with Gasteiger partial charge in [-0.2, -0.15) is 4.98 Å². The molecule has 1 amide bonds. The molecule has 1 aliphatic heterocycles. The van der Waals surface area contributed by atoms with Gasteiger partial charge in [0, 0.05) is 13.1 Å². The first-order valence-electron chi connectivity index (χ1n) is 12.5. The molecule has 1 atom stereocenters. The van der Waals surface area contributed by atoms with Crippen LogP contribution in [0.25, 0.3) is 11.1 Å². The van der Waals surface area contributed by atoms with E-state index >= 15 is 0 Å². The first-order chi connectivity index (χ1) is 15.3. The molecule has 0 bridgehead atoms. The highest BCUT2D eigenvalue weighted by Crippen LogP contribution is 2.26. The largest absolute Gasteiger partial charge is 0.444 e. The highest BCUT2D eigenvalue weighted by Gasteiger charge is 2.28. The van der Waals surface area contributed by atoms with Gasteiger partial charge in [0.15, 0.2) is 5.58 Å². The van der Waals surface area contributed by atoms with Crippen molar-refractivity contribution in [3.05, 3.63) is 23.8 Å². The van der Waals surface area contributed by atoms with Crippen molar-refractivity contribution in [2.45, 2.75) is 104 Å². The van der Waals surface area contributed by atoms with Crippen LogP contribution < -0.4 is 10.2 Å². The van der Waals surface area contributed by atoms with E-state index in [4.69, 9.17) is 14.1 Å². The second-order valence-electron chi connectivity index (χ2n) is 10.1. The van der Waals surface area contributed by atoms with Gasteiger partial charge in [-0.05, 0) is 57.7 Å². The number of nitrogens with one attached hydrogen (secondary N) is 1. The van der Waals surface area contributed by atoms with E-state index in [1.807, 2.05) is 26.8 Å². The first-order valence-corrected chi connectivity index (χ1v) is 12.5. The third-order valence-corrected chi connectivity index (χ3v) is 5.94. The van der Waals surface area contributed by atoms with Crippen molar-refractivity contribution in [3.63, 3.8) is 0 Å². The Morgan fingerprint density at radius 1 is 1.16 bits per heavy atom. The van der Waals surface area contributed by atoms with Crippen LogP contribution in [0, 0.1) is 0 Å². The van der Waals surface area contributed by atoms with E-state index in [0.717, 1.165) is 30.5 Å². The van der Waals surface area contributed by atoms with Crippen LogP contribution in [-0.2, 0) is 11.2 Å². The number of aryl methyl sites for hydroxylation is 1. The van der Waals surface area contributed by atoms with E-state index in [2.05, 4.69) is 29.3 Å². The van der Waals surface area contributed by atoms with Crippen LogP contribution in [0.1, 0.15) is 91.0 Å². The van der Waals surface area contributed by atoms with E-state index < -0.39 is 5.60 Å². The summed E-state index contributed by atoms with van der Waals surface area (Å²) < 4.78 is 11.4. The van der Waals surface area contributed by atoms with Gasteiger partial charge in [0.2, 0.25) is 0 Å². The van der Waals surface area contributed by atoms with E-state index in [-0.39, 0.29) is 12.1 Å². The average molecular weight is 444 g/mol. The smallest absolute Gasteiger partial charge is 0.407 e. The Balaban J connectivity index is 1.45. The van der Waals surface area contributed by atoms with Gasteiger partial charge in [0.25, 0.3) is 6.01 Å². The van der Waals surface area contributed by atoms with Gasteiger partial charge in [0.1, 0.15) is 11.1 Å². The van der Waals surface area contributed by atoms with Gasteiger partial charge >= 0.3 is 6.09 Å². The number of anilines is 1. The van der Waals surface area contributed by atoms with Crippen LogP contribution >= 0.6 is 0 Å². The molecule has 1 aromatic carbocycles. The zero-order chi connectivity index (χ0) is 23.0. The Labute approximate surface area is 193 Å². The molecule has 0 aliphatic carbocycles. The summed E-state index contributed by atoms with van der Waals surface area (Å²) in [6.07, 6.45) is 12.3. The number of amides is 1. The number of nitrogens with zero attached hydrogens (tertiary/aromatic N) is 2. The third kappa shape index (κ3) is 7.72. The number of hydrogen-bond donors (Lipinski definition) is 1. The molecule has 1 saturated heterocycles. The molecule has 6 nitrogen and oxygen atoms in total. The highest BCUT2D eigenvalue weighted by atomic mass is 16.6. The summed E-state index contributed by atoms with van der Waals surface area (Å²) in [5.74, 6) is 0.